The van der Waals surface area contributed by atoms with Crippen molar-refractivity contribution < 1.29 is 23.0 Å². The Kier molecular flexibility index (Phi) is 8.54. The third-order valence-corrected chi connectivity index (χ3v) is 5.19. The van der Waals surface area contributed by atoms with Crippen LogP contribution in [0.15, 0.2) is 60.7 Å². The highest BCUT2D eigenvalue weighted by Gasteiger charge is 2.18. The van der Waals surface area contributed by atoms with Gasteiger partial charge in [0.2, 0.25) is 5.82 Å². The average molecular weight is 449 g/mol. The lowest BCUT2D eigenvalue weighted by molar-refractivity contribution is 0.0726. The summed E-state index contributed by atoms with van der Waals surface area (Å²) in [5, 5.41) is 8.73. The molecule has 170 valence electrons. The van der Waals surface area contributed by atoms with Crippen LogP contribution in [0.3, 0.4) is 0 Å². The number of carbonyl (C=O) groups excluding carboxylic acids is 1. The van der Waals surface area contributed by atoms with E-state index in [9.17, 15) is 13.6 Å². The maximum absolute atomic E-state index is 14.0. The van der Waals surface area contributed by atoms with Crippen molar-refractivity contribution in [3.05, 3.63) is 83.4 Å². The molecule has 3 rings (SSSR count). The minimum atomic E-state index is -1.37. The van der Waals surface area contributed by atoms with Crippen molar-refractivity contribution >= 4 is 5.97 Å². The maximum Gasteiger partial charge on any atom is 0.343 e. The van der Waals surface area contributed by atoms with Crippen molar-refractivity contribution in [2.24, 2.45) is 0 Å². The number of nitriles is 1. The number of ether oxygens (including phenoxy) is 2. The van der Waals surface area contributed by atoms with Crippen LogP contribution in [0.25, 0.3) is 11.1 Å². The molecular weight excluding hydrogens is 424 g/mol. The number of hydrogen-bond acceptors (Lipinski definition) is 4. The number of esters is 1. The van der Waals surface area contributed by atoms with Gasteiger partial charge in [0.15, 0.2) is 11.6 Å². The van der Waals surface area contributed by atoms with Gasteiger partial charge < -0.3 is 9.47 Å². The highest BCUT2D eigenvalue weighted by atomic mass is 19.2. The monoisotopic (exact) mass is 449 g/mol. The fourth-order valence-electron chi connectivity index (χ4n) is 3.29. The summed E-state index contributed by atoms with van der Waals surface area (Å²) in [6.45, 7) is 2.89. The summed E-state index contributed by atoms with van der Waals surface area (Å²) >= 11 is 0. The van der Waals surface area contributed by atoms with Crippen molar-refractivity contribution in [1.82, 2.24) is 0 Å². The number of rotatable bonds is 10. The molecule has 0 saturated carbocycles. The number of unbranched alkanes of at least 4 members (excludes halogenated alkanes) is 4. The number of hydrogen-bond donors (Lipinski definition) is 0. The van der Waals surface area contributed by atoms with E-state index in [0.717, 1.165) is 35.4 Å². The zero-order valence-electron chi connectivity index (χ0n) is 18.4. The molecule has 0 aliphatic rings. The van der Waals surface area contributed by atoms with Crippen molar-refractivity contribution in [3.63, 3.8) is 0 Å². The predicted octanol–water partition coefficient (Wildman–Crippen LogP) is 7.07. The molecule has 0 fully saturated rings. The van der Waals surface area contributed by atoms with Crippen LogP contribution < -0.4 is 9.47 Å². The fourth-order valence-corrected chi connectivity index (χ4v) is 3.29. The molecule has 0 atom stereocenters. The molecule has 0 aliphatic heterocycles. The lowest BCUT2D eigenvalue weighted by Crippen LogP contribution is -2.10. The average Bonchev–Trinajstić information content (AvgIpc) is 2.85. The van der Waals surface area contributed by atoms with Crippen LogP contribution in [0.5, 0.6) is 11.5 Å². The molecule has 0 aromatic heterocycles. The minimum Gasteiger partial charge on any atom is -0.494 e. The summed E-state index contributed by atoms with van der Waals surface area (Å²) in [7, 11) is 0. The second-order valence-electron chi connectivity index (χ2n) is 7.60. The Balaban J connectivity index is 1.58. The molecule has 3 aromatic rings. The highest BCUT2D eigenvalue weighted by Crippen LogP contribution is 2.25. The molecule has 0 heterocycles. The molecule has 0 spiro atoms. The SMILES string of the molecule is CCCCCCCOc1ccc(-c2ccc(C(=O)Oc3ccc(C#N)c(F)c3F)cc2)cc1. The first-order valence-electron chi connectivity index (χ1n) is 11.0. The fraction of sp³-hybridized carbons (Fsp3) is 0.259. The van der Waals surface area contributed by atoms with Gasteiger partial charge in [-0.2, -0.15) is 9.65 Å². The van der Waals surface area contributed by atoms with Gasteiger partial charge in [-0.3, -0.25) is 0 Å². The van der Waals surface area contributed by atoms with Gasteiger partial charge in [0.05, 0.1) is 17.7 Å². The van der Waals surface area contributed by atoms with Gasteiger partial charge in [0.1, 0.15) is 11.8 Å². The summed E-state index contributed by atoms with van der Waals surface area (Å²) < 4.78 is 38.4. The van der Waals surface area contributed by atoms with Crippen LogP contribution in [0.4, 0.5) is 8.78 Å². The van der Waals surface area contributed by atoms with Crippen LogP contribution in [-0.4, -0.2) is 12.6 Å². The highest BCUT2D eigenvalue weighted by molar-refractivity contribution is 5.91. The van der Waals surface area contributed by atoms with E-state index in [-0.39, 0.29) is 5.56 Å². The number of halogens is 2. The zero-order valence-corrected chi connectivity index (χ0v) is 18.4. The van der Waals surface area contributed by atoms with Gasteiger partial charge in [-0.25, -0.2) is 9.18 Å². The summed E-state index contributed by atoms with van der Waals surface area (Å²) in [5.41, 5.74) is 1.56. The van der Waals surface area contributed by atoms with Crippen molar-refractivity contribution in [3.8, 4) is 28.7 Å². The number of carbonyl (C=O) groups is 1. The smallest absolute Gasteiger partial charge is 0.343 e. The lowest BCUT2D eigenvalue weighted by Gasteiger charge is -2.09. The van der Waals surface area contributed by atoms with E-state index in [1.807, 2.05) is 24.3 Å². The Morgan fingerprint density at radius 2 is 1.48 bits per heavy atom. The Morgan fingerprint density at radius 1 is 0.848 bits per heavy atom. The topological polar surface area (TPSA) is 59.3 Å². The Hall–Kier alpha value is -3.72. The summed E-state index contributed by atoms with van der Waals surface area (Å²) in [4.78, 5) is 12.3. The van der Waals surface area contributed by atoms with E-state index in [1.165, 1.54) is 31.8 Å². The maximum atomic E-state index is 14.0. The molecule has 3 aromatic carbocycles. The van der Waals surface area contributed by atoms with E-state index in [1.54, 1.807) is 24.3 Å². The standard InChI is InChI=1S/C27H25F2NO3/c1-2-3-4-5-6-17-32-23-14-11-20(12-15-23)19-7-9-21(10-8-19)27(31)33-24-16-13-22(18-30)25(28)26(24)29/h7-16H,2-6,17H2,1H3. The number of benzene rings is 3. The Labute approximate surface area is 192 Å². The van der Waals surface area contributed by atoms with Gasteiger partial charge in [0, 0.05) is 0 Å². The van der Waals surface area contributed by atoms with E-state index < -0.39 is 28.9 Å². The first-order chi connectivity index (χ1) is 16.0. The first-order valence-corrected chi connectivity index (χ1v) is 11.0. The van der Waals surface area contributed by atoms with E-state index in [2.05, 4.69) is 6.92 Å². The third kappa shape index (κ3) is 6.39. The molecule has 33 heavy (non-hydrogen) atoms. The predicted molar refractivity (Wildman–Crippen MR) is 122 cm³/mol. The van der Waals surface area contributed by atoms with Crippen LogP contribution in [-0.2, 0) is 0 Å². The quantitative estimate of drug-likeness (QED) is 0.189. The zero-order chi connectivity index (χ0) is 23.6. The lowest BCUT2D eigenvalue weighted by atomic mass is 10.0. The molecule has 0 bridgehead atoms. The van der Waals surface area contributed by atoms with Crippen LogP contribution in [0, 0.1) is 23.0 Å². The second-order valence-corrected chi connectivity index (χ2v) is 7.60. The first kappa shape index (κ1) is 23.9. The third-order valence-electron chi connectivity index (χ3n) is 5.19. The van der Waals surface area contributed by atoms with E-state index in [0.29, 0.717) is 6.61 Å². The van der Waals surface area contributed by atoms with Gasteiger partial charge >= 0.3 is 5.97 Å². The minimum absolute atomic E-state index is 0.186. The molecule has 0 saturated heterocycles. The van der Waals surface area contributed by atoms with Gasteiger partial charge in [0.25, 0.3) is 0 Å². The molecule has 0 aliphatic carbocycles. The van der Waals surface area contributed by atoms with Gasteiger partial charge in [-0.05, 0) is 53.9 Å². The molecule has 4 nitrogen and oxygen atoms in total. The van der Waals surface area contributed by atoms with Crippen LogP contribution in [0.2, 0.25) is 0 Å². The summed E-state index contributed by atoms with van der Waals surface area (Å²) in [6.07, 6.45) is 5.93. The normalized spacial score (nSPS) is 10.5. The van der Waals surface area contributed by atoms with Crippen molar-refractivity contribution in [1.29, 1.82) is 5.26 Å². The summed E-state index contributed by atoms with van der Waals surface area (Å²) in [5.74, 6) is -3.30. The molecule has 0 unspecified atom stereocenters. The molecule has 0 N–H and O–H groups in total. The molecule has 0 amide bonds. The van der Waals surface area contributed by atoms with Crippen LogP contribution in [0.1, 0.15) is 54.9 Å². The van der Waals surface area contributed by atoms with Gasteiger partial charge in [-0.1, -0.05) is 56.9 Å². The largest absolute Gasteiger partial charge is 0.494 e. The second kappa shape index (κ2) is 11.8. The Bertz CT molecular complexity index is 1120. The number of nitrogens with zero attached hydrogens (tertiary/aromatic N) is 1. The molecule has 0 radical (unpaired) electrons. The molecule has 6 heteroatoms. The van der Waals surface area contributed by atoms with Crippen molar-refractivity contribution in [2.45, 2.75) is 39.0 Å². The van der Waals surface area contributed by atoms with Crippen LogP contribution >= 0.6 is 0 Å². The van der Waals surface area contributed by atoms with Crippen molar-refractivity contribution in [2.75, 3.05) is 6.61 Å². The van der Waals surface area contributed by atoms with E-state index >= 15 is 0 Å². The Morgan fingerprint density at radius 3 is 2.12 bits per heavy atom. The van der Waals surface area contributed by atoms with Gasteiger partial charge in [-0.15, -0.1) is 0 Å². The summed E-state index contributed by atoms with van der Waals surface area (Å²) in [6, 6.07) is 17.9. The van der Waals surface area contributed by atoms with E-state index in [4.69, 9.17) is 14.7 Å². The molecular formula is C27H25F2NO3.